The lowest BCUT2D eigenvalue weighted by Crippen LogP contribution is -2.32. The fourth-order valence-electron chi connectivity index (χ4n) is 2.06. The van der Waals surface area contributed by atoms with E-state index >= 15 is 0 Å². The van der Waals surface area contributed by atoms with Crippen LogP contribution in [0, 0.1) is 0 Å². The molecule has 3 heteroatoms. The molecule has 0 saturated carbocycles. The molecule has 0 aliphatic heterocycles. The minimum absolute atomic E-state index is 0.130. The van der Waals surface area contributed by atoms with Crippen LogP contribution in [0.3, 0.4) is 0 Å². The molecule has 20 heavy (non-hydrogen) atoms. The van der Waals surface area contributed by atoms with E-state index in [1.54, 1.807) is 0 Å². The lowest BCUT2D eigenvalue weighted by Gasteiger charge is -2.13. The van der Waals surface area contributed by atoms with E-state index in [1.807, 2.05) is 30.3 Å². The Bertz CT molecular complexity index is 365. The lowest BCUT2D eigenvalue weighted by molar-refractivity contribution is -0.121. The van der Waals surface area contributed by atoms with Gasteiger partial charge in [0, 0.05) is 12.5 Å². The highest BCUT2D eigenvalue weighted by Crippen LogP contribution is 2.09. The number of ether oxygens (including phenoxy) is 1. The number of carbonyl (C=O) groups excluding carboxylic acids is 1. The van der Waals surface area contributed by atoms with E-state index in [9.17, 15) is 4.79 Å². The third-order valence-corrected chi connectivity index (χ3v) is 3.21. The normalized spacial score (nSPS) is 11.9. The number of unbranched alkanes of at least 4 members (excludes halogenated alkanes) is 2. The predicted octanol–water partition coefficient (Wildman–Crippen LogP) is 3.93. The van der Waals surface area contributed by atoms with Gasteiger partial charge in [-0.3, -0.25) is 4.79 Å². The van der Waals surface area contributed by atoms with Crippen LogP contribution in [0.1, 0.15) is 52.4 Å². The number of benzene rings is 1. The molecule has 0 fully saturated rings. The fourth-order valence-corrected chi connectivity index (χ4v) is 2.06. The average Bonchev–Trinajstić information content (AvgIpc) is 2.45. The minimum Gasteiger partial charge on any atom is -0.494 e. The molecule has 0 bridgehead atoms. The van der Waals surface area contributed by atoms with E-state index in [-0.39, 0.29) is 11.9 Å². The molecule has 0 aromatic heterocycles. The maximum atomic E-state index is 11.7. The third kappa shape index (κ3) is 7.82. The van der Waals surface area contributed by atoms with Gasteiger partial charge in [0.15, 0.2) is 0 Å². The number of hydrogen-bond acceptors (Lipinski definition) is 2. The van der Waals surface area contributed by atoms with Gasteiger partial charge in [-0.05, 0) is 31.9 Å². The fraction of sp³-hybridized carbons (Fsp3) is 0.588. The van der Waals surface area contributed by atoms with E-state index in [0.717, 1.165) is 18.6 Å². The lowest BCUT2D eigenvalue weighted by atomic mass is 10.1. The Morgan fingerprint density at radius 1 is 1.20 bits per heavy atom. The first-order valence-corrected chi connectivity index (χ1v) is 7.69. The van der Waals surface area contributed by atoms with Crippen LogP contribution < -0.4 is 10.1 Å². The molecule has 3 nitrogen and oxygen atoms in total. The summed E-state index contributed by atoms with van der Waals surface area (Å²) in [7, 11) is 0. The summed E-state index contributed by atoms with van der Waals surface area (Å²) in [6, 6.07) is 9.98. The Kier molecular flexibility index (Phi) is 8.52. The summed E-state index contributed by atoms with van der Waals surface area (Å²) >= 11 is 0. The topological polar surface area (TPSA) is 38.3 Å². The summed E-state index contributed by atoms with van der Waals surface area (Å²) in [5.41, 5.74) is 0. The molecule has 0 saturated heterocycles. The van der Waals surface area contributed by atoms with Gasteiger partial charge in [0.1, 0.15) is 5.75 Å². The molecule has 0 aliphatic rings. The monoisotopic (exact) mass is 277 g/mol. The Morgan fingerprint density at radius 3 is 2.65 bits per heavy atom. The average molecular weight is 277 g/mol. The third-order valence-electron chi connectivity index (χ3n) is 3.21. The van der Waals surface area contributed by atoms with Gasteiger partial charge in [-0.1, -0.05) is 44.4 Å². The second kappa shape index (κ2) is 10.3. The smallest absolute Gasteiger partial charge is 0.220 e. The van der Waals surface area contributed by atoms with Crippen molar-refractivity contribution in [1.82, 2.24) is 5.32 Å². The molecule has 0 aliphatic carbocycles. The number of amides is 1. The largest absolute Gasteiger partial charge is 0.494 e. The predicted molar refractivity (Wildman–Crippen MR) is 82.9 cm³/mol. The van der Waals surface area contributed by atoms with Gasteiger partial charge in [-0.15, -0.1) is 0 Å². The molecule has 0 radical (unpaired) electrons. The highest BCUT2D eigenvalue weighted by molar-refractivity contribution is 5.76. The van der Waals surface area contributed by atoms with Crippen LogP contribution in [-0.2, 0) is 4.79 Å². The van der Waals surface area contributed by atoms with Gasteiger partial charge in [-0.2, -0.15) is 0 Å². The Morgan fingerprint density at radius 2 is 1.95 bits per heavy atom. The van der Waals surface area contributed by atoms with Crippen LogP contribution in [0.4, 0.5) is 0 Å². The number of rotatable bonds is 10. The number of carbonyl (C=O) groups is 1. The zero-order chi connectivity index (χ0) is 14.6. The van der Waals surface area contributed by atoms with Gasteiger partial charge in [0.05, 0.1) is 6.61 Å². The molecule has 0 heterocycles. The van der Waals surface area contributed by atoms with Crippen molar-refractivity contribution in [2.24, 2.45) is 0 Å². The zero-order valence-corrected chi connectivity index (χ0v) is 12.7. The van der Waals surface area contributed by atoms with Crippen LogP contribution in [-0.4, -0.2) is 18.6 Å². The van der Waals surface area contributed by atoms with Gasteiger partial charge in [-0.25, -0.2) is 0 Å². The number of para-hydroxylation sites is 1. The summed E-state index contributed by atoms with van der Waals surface area (Å²) < 4.78 is 5.56. The van der Waals surface area contributed by atoms with Crippen molar-refractivity contribution in [2.75, 3.05) is 6.61 Å². The van der Waals surface area contributed by atoms with Crippen molar-refractivity contribution in [3.8, 4) is 5.75 Å². The Hall–Kier alpha value is -1.51. The zero-order valence-electron chi connectivity index (χ0n) is 12.7. The van der Waals surface area contributed by atoms with Crippen molar-refractivity contribution >= 4 is 5.91 Å². The van der Waals surface area contributed by atoms with Crippen LogP contribution in [0.2, 0.25) is 0 Å². The van der Waals surface area contributed by atoms with Crippen molar-refractivity contribution < 1.29 is 9.53 Å². The summed E-state index contributed by atoms with van der Waals surface area (Å²) in [5, 5.41) is 3.04. The Balaban J connectivity index is 2.05. The summed E-state index contributed by atoms with van der Waals surface area (Å²) in [6.07, 6.45) is 6.01. The molecule has 112 valence electrons. The van der Waals surface area contributed by atoms with E-state index in [0.29, 0.717) is 13.0 Å². The highest BCUT2D eigenvalue weighted by atomic mass is 16.5. The van der Waals surface area contributed by atoms with E-state index in [1.165, 1.54) is 19.3 Å². The summed E-state index contributed by atoms with van der Waals surface area (Å²) in [4.78, 5) is 11.7. The van der Waals surface area contributed by atoms with E-state index < -0.39 is 0 Å². The van der Waals surface area contributed by atoms with Crippen LogP contribution in [0.5, 0.6) is 5.75 Å². The first-order valence-electron chi connectivity index (χ1n) is 7.69. The maximum absolute atomic E-state index is 11.7. The molecular weight excluding hydrogens is 250 g/mol. The molecule has 1 atom stereocenters. The molecular formula is C17H27NO2. The molecule has 1 rings (SSSR count). The van der Waals surface area contributed by atoms with Gasteiger partial charge in [0.2, 0.25) is 5.91 Å². The highest BCUT2D eigenvalue weighted by Gasteiger charge is 2.06. The second-order valence-corrected chi connectivity index (χ2v) is 5.23. The first-order chi connectivity index (χ1) is 9.72. The van der Waals surface area contributed by atoms with Gasteiger partial charge < -0.3 is 10.1 Å². The summed E-state index contributed by atoms with van der Waals surface area (Å²) in [5.74, 6) is 0.992. The van der Waals surface area contributed by atoms with Crippen molar-refractivity contribution in [3.63, 3.8) is 0 Å². The first kappa shape index (κ1) is 16.5. The van der Waals surface area contributed by atoms with Gasteiger partial charge >= 0.3 is 0 Å². The standard InChI is InChI=1S/C17H27NO2/c1-3-4-6-10-15(2)18-17(19)13-9-14-20-16-11-7-5-8-12-16/h5,7-8,11-12,15H,3-4,6,9-10,13-14H2,1-2H3,(H,18,19). The van der Waals surface area contributed by atoms with Crippen molar-refractivity contribution in [2.45, 2.75) is 58.4 Å². The van der Waals surface area contributed by atoms with Crippen LogP contribution in [0.25, 0.3) is 0 Å². The van der Waals surface area contributed by atoms with Crippen molar-refractivity contribution in [3.05, 3.63) is 30.3 Å². The minimum atomic E-state index is 0.130. The molecule has 1 amide bonds. The molecule has 1 aromatic carbocycles. The van der Waals surface area contributed by atoms with Crippen molar-refractivity contribution in [1.29, 1.82) is 0 Å². The molecule has 1 N–H and O–H groups in total. The molecule has 1 aromatic rings. The summed E-state index contributed by atoms with van der Waals surface area (Å²) in [6.45, 7) is 4.85. The molecule has 1 unspecified atom stereocenters. The number of nitrogens with one attached hydrogen (secondary N) is 1. The van der Waals surface area contributed by atoms with Gasteiger partial charge in [0.25, 0.3) is 0 Å². The Labute approximate surface area is 122 Å². The second-order valence-electron chi connectivity index (χ2n) is 5.23. The quantitative estimate of drug-likeness (QED) is 0.658. The van der Waals surface area contributed by atoms with Crippen LogP contribution >= 0.6 is 0 Å². The van der Waals surface area contributed by atoms with Crippen LogP contribution in [0.15, 0.2) is 30.3 Å². The van der Waals surface area contributed by atoms with E-state index in [2.05, 4.69) is 19.2 Å². The SMILES string of the molecule is CCCCCC(C)NC(=O)CCCOc1ccccc1. The molecule has 0 spiro atoms. The number of hydrogen-bond donors (Lipinski definition) is 1. The maximum Gasteiger partial charge on any atom is 0.220 e. The van der Waals surface area contributed by atoms with E-state index in [4.69, 9.17) is 4.74 Å².